The lowest BCUT2D eigenvalue weighted by Gasteiger charge is -1.97. The van der Waals surface area contributed by atoms with Crippen LogP contribution in [-0.4, -0.2) is 24.8 Å². The third-order valence-electron chi connectivity index (χ3n) is 3.24. The maximum atomic E-state index is 13.0. The molecule has 0 saturated heterocycles. The molecule has 3 heterocycles. The minimum Gasteiger partial charge on any atom is -0.411 e. The van der Waals surface area contributed by atoms with Crippen molar-refractivity contribution in [2.45, 2.75) is 17.9 Å². The summed E-state index contributed by atoms with van der Waals surface area (Å²) < 4.78 is 19.8. The van der Waals surface area contributed by atoms with Gasteiger partial charge in [-0.2, -0.15) is 9.61 Å². The molecule has 10 heteroatoms. The first kappa shape index (κ1) is 15.9. The Morgan fingerprint density at radius 1 is 1.28 bits per heavy atom. The van der Waals surface area contributed by atoms with E-state index < -0.39 is 0 Å². The average Bonchev–Trinajstić information content (AvgIpc) is 3.20. The molecule has 4 aromatic rings. The van der Waals surface area contributed by atoms with E-state index in [0.29, 0.717) is 33.1 Å². The Bertz CT molecular complexity index is 1100. The number of rotatable bonds is 4. The van der Waals surface area contributed by atoms with Crippen LogP contribution in [0.4, 0.5) is 4.39 Å². The molecular formula is C15H10FN5O2S2. The molecule has 0 atom stereocenters. The first-order chi connectivity index (χ1) is 12.1. The molecule has 7 nitrogen and oxygen atoms in total. The van der Waals surface area contributed by atoms with E-state index in [1.807, 2.05) is 6.92 Å². The summed E-state index contributed by atoms with van der Waals surface area (Å²) >= 11 is 2.63. The van der Waals surface area contributed by atoms with Crippen LogP contribution >= 0.6 is 23.1 Å². The molecule has 0 aliphatic rings. The van der Waals surface area contributed by atoms with Crippen LogP contribution in [-0.2, 0) is 5.75 Å². The molecule has 0 aliphatic heterocycles. The Labute approximate surface area is 148 Å². The highest BCUT2D eigenvalue weighted by molar-refractivity contribution is 7.98. The highest BCUT2D eigenvalue weighted by Crippen LogP contribution is 2.25. The number of benzene rings is 1. The second kappa shape index (κ2) is 6.37. The average molecular weight is 375 g/mol. The maximum Gasteiger partial charge on any atom is 0.277 e. The Balaban J connectivity index is 1.52. The van der Waals surface area contributed by atoms with Gasteiger partial charge in [-0.25, -0.2) is 9.37 Å². The van der Waals surface area contributed by atoms with Crippen molar-refractivity contribution < 1.29 is 8.81 Å². The van der Waals surface area contributed by atoms with Crippen LogP contribution in [0.15, 0.2) is 44.8 Å². The topological polar surface area (TPSA) is 86.2 Å². The van der Waals surface area contributed by atoms with Crippen molar-refractivity contribution in [2.75, 3.05) is 0 Å². The zero-order chi connectivity index (χ0) is 17.4. The van der Waals surface area contributed by atoms with Crippen molar-refractivity contribution in [1.82, 2.24) is 24.8 Å². The lowest BCUT2D eigenvalue weighted by Crippen LogP contribution is -2.15. The van der Waals surface area contributed by atoms with Crippen molar-refractivity contribution >= 4 is 28.1 Å². The third kappa shape index (κ3) is 3.30. The van der Waals surface area contributed by atoms with E-state index in [9.17, 15) is 9.18 Å². The number of nitrogens with zero attached hydrogens (tertiary/aromatic N) is 5. The minimum atomic E-state index is -0.330. The number of halogens is 1. The summed E-state index contributed by atoms with van der Waals surface area (Å²) in [6, 6.07) is 7.24. The minimum absolute atomic E-state index is 0.220. The van der Waals surface area contributed by atoms with Crippen molar-refractivity contribution in [1.29, 1.82) is 0 Å². The molecule has 0 N–H and O–H groups in total. The van der Waals surface area contributed by atoms with Gasteiger partial charge < -0.3 is 4.42 Å². The number of aromatic nitrogens is 5. The Kier molecular flexibility index (Phi) is 4.06. The predicted molar refractivity (Wildman–Crippen MR) is 91.1 cm³/mol. The van der Waals surface area contributed by atoms with Crippen LogP contribution in [0.2, 0.25) is 0 Å². The molecule has 0 saturated carbocycles. The molecule has 1 aromatic carbocycles. The lowest BCUT2D eigenvalue weighted by atomic mass is 10.2. The van der Waals surface area contributed by atoms with Gasteiger partial charge in [0.1, 0.15) is 10.8 Å². The molecule has 126 valence electrons. The molecule has 0 radical (unpaired) electrons. The van der Waals surface area contributed by atoms with E-state index in [0.717, 1.165) is 5.01 Å². The van der Waals surface area contributed by atoms with Gasteiger partial charge in [-0.05, 0) is 31.2 Å². The second-order valence-corrected chi connectivity index (χ2v) is 7.16. The molecule has 4 rings (SSSR count). The van der Waals surface area contributed by atoms with Crippen LogP contribution in [0.1, 0.15) is 10.7 Å². The summed E-state index contributed by atoms with van der Waals surface area (Å²) in [5, 5.41) is 13.1. The van der Waals surface area contributed by atoms with Gasteiger partial charge in [0.15, 0.2) is 0 Å². The molecule has 0 spiro atoms. The fourth-order valence-corrected chi connectivity index (χ4v) is 3.56. The summed E-state index contributed by atoms with van der Waals surface area (Å²) in [4.78, 5) is 17.0. The van der Waals surface area contributed by atoms with Crippen molar-refractivity contribution in [3.05, 3.63) is 57.2 Å². The van der Waals surface area contributed by atoms with E-state index >= 15 is 0 Å². The zero-order valence-electron chi connectivity index (χ0n) is 12.8. The molecule has 0 fully saturated rings. The molecule has 0 amide bonds. The summed E-state index contributed by atoms with van der Waals surface area (Å²) in [5.41, 5.74) is 1.03. The molecule has 25 heavy (non-hydrogen) atoms. The zero-order valence-corrected chi connectivity index (χ0v) is 14.5. The third-order valence-corrected chi connectivity index (χ3v) is 4.92. The normalized spacial score (nSPS) is 11.3. The van der Waals surface area contributed by atoms with Gasteiger partial charge in [0.05, 0.1) is 5.69 Å². The van der Waals surface area contributed by atoms with Gasteiger partial charge in [-0.1, -0.05) is 23.1 Å². The highest BCUT2D eigenvalue weighted by atomic mass is 32.2. The van der Waals surface area contributed by atoms with Crippen molar-refractivity contribution in [3.63, 3.8) is 0 Å². The Morgan fingerprint density at radius 3 is 2.88 bits per heavy atom. The number of thioether (sulfide) groups is 1. The number of hydrogen-bond acceptors (Lipinski definition) is 8. The van der Waals surface area contributed by atoms with Crippen molar-refractivity contribution in [2.24, 2.45) is 0 Å². The molecule has 0 bridgehead atoms. The van der Waals surface area contributed by atoms with Gasteiger partial charge in [-0.15, -0.1) is 10.2 Å². The van der Waals surface area contributed by atoms with Crippen LogP contribution < -0.4 is 5.56 Å². The quantitative estimate of drug-likeness (QED) is 0.507. The van der Waals surface area contributed by atoms with Gasteiger partial charge in [0.2, 0.25) is 10.9 Å². The molecule has 0 aliphatic carbocycles. The SMILES string of the molecule is Cc1nn2c(=O)cc(CSc3nnc(-c4ccc(F)cc4)o3)nc2s1. The molecule has 0 unspecified atom stereocenters. The van der Waals surface area contributed by atoms with E-state index in [1.54, 1.807) is 12.1 Å². The maximum absolute atomic E-state index is 13.0. The number of hydrogen-bond donors (Lipinski definition) is 0. The molecule has 3 aromatic heterocycles. The number of fused-ring (bicyclic) bond motifs is 1. The fourth-order valence-electron chi connectivity index (χ4n) is 2.14. The van der Waals surface area contributed by atoms with E-state index in [-0.39, 0.29) is 11.4 Å². The summed E-state index contributed by atoms with van der Waals surface area (Å²) in [5.74, 6) is 0.390. The standard InChI is InChI=1S/C15H10FN5O2S2/c1-8-20-21-12(22)6-11(17-14(21)25-8)7-24-15-19-18-13(23-15)9-2-4-10(16)5-3-9/h2-6H,7H2,1H3. The van der Waals surface area contributed by atoms with Crippen LogP contribution in [0.25, 0.3) is 16.4 Å². The monoisotopic (exact) mass is 375 g/mol. The summed E-state index contributed by atoms with van der Waals surface area (Å²) in [6.45, 7) is 1.82. The van der Waals surface area contributed by atoms with Crippen molar-refractivity contribution in [3.8, 4) is 11.5 Å². The number of aryl methyl sites for hydroxylation is 1. The molecular weight excluding hydrogens is 365 g/mol. The van der Waals surface area contributed by atoms with Crippen LogP contribution in [0.5, 0.6) is 0 Å². The van der Waals surface area contributed by atoms with E-state index in [2.05, 4.69) is 20.3 Å². The van der Waals surface area contributed by atoms with Gasteiger partial charge >= 0.3 is 0 Å². The van der Waals surface area contributed by atoms with E-state index in [1.165, 1.54) is 45.8 Å². The van der Waals surface area contributed by atoms with Gasteiger partial charge in [0, 0.05) is 17.4 Å². The van der Waals surface area contributed by atoms with Gasteiger partial charge in [0.25, 0.3) is 10.8 Å². The predicted octanol–water partition coefficient (Wildman–Crippen LogP) is 2.94. The fraction of sp³-hybridized carbons (Fsp3) is 0.133. The van der Waals surface area contributed by atoms with Crippen LogP contribution in [0.3, 0.4) is 0 Å². The summed E-state index contributed by atoms with van der Waals surface area (Å²) in [6.07, 6.45) is 0. The Morgan fingerprint density at radius 2 is 2.08 bits per heavy atom. The first-order valence-corrected chi connectivity index (χ1v) is 8.97. The Hall–Kier alpha value is -2.59. The summed E-state index contributed by atoms with van der Waals surface area (Å²) in [7, 11) is 0. The van der Waals surface area contributed by atoms with Gasteiger partial charge in [-0.3, -0.25) is 4.79 Å². The van der Waals surface area contributed by atoms with Crippen LogP contribution in [0, 0.1) is 12.7 Å². The van der Waals surface area contributed by atoms with E-state index in [4.69, 9.17) is 4.42 Å². The lowest BCUT2D eigenvalue weighted by molar-refractivity contribution is 0.465. The largest absolute Gasteiger partial charge is 0.411 e. The second-order valence-electron chi connectivity index (χ2n) is 5.07. The smallest absolute Gasteiger partial charge is 0.277 e. The first-order valence-electron chi connectivity index (χ1n) is 7.17. The highest BCUT2D eigenvalue weighted by Gasteiger charge is 2.11.